The Morgan fingerprint density at radius 2 is 1.83 bits per heavy atom. The number of aromatic nitrogens is 2. The van der Waals surface area contributed by atoms with E-state index in [9.17, 15) is 0 Å². The lowest BCUT2D eigenvalue weighted by atomic mass is 10.2. The van der Waals surface area contributed by atoms with E-state index >= 15 is 0 Å². The second-order valence-electron chi connectivity index (χ2n) is 8.01. The quantitative estimate of drug-likeness (QED) is 0.582. The molecule has 30 heavy (non-hydrogen) atoms. The molecule has 0 unspecified atom stereocenters. The van der Waals surface area contributed by atoms with Gasteiger partial charge in [-0.1, -0.05) is 30.3 Å². The van der Waals surface area contributed by atoms with Crippen LogP contribution in [0.4, 0.5) is 5.69 Å². The molecule has 1 fully saturated rings. The summed E-state index contributed by atoms with van der Waals surface area (Å²) in [5.74, 6) is 0.922. The fraction of sp³-hybridized carbons (Fsp3) is 0.320. The van der Waals surface area contributed by atoms with Crippen LogP contribution in [-0.2, 0) is 17.9 Å². The molecule has 0 saturated carbocycles. The van der Waals surface area contributed by atoms with Crippen LogP contribution in [0.15, 0.2) is 78.8 Å². The highest BCUT2D eigenvalue weighted by Gasteiger charge is 2.13. The molecule has 0 amide bonds. The minimum absolute atomic E-state index is 0.597. The molecule has 0 N–H and O–H groups in total. The van der Waals surface area contributed by atoms with Gasteiger partial charge in [-0.25, -0.2) is 0 Å². The summed E-state index contributed by atoms with van der Waals surface area (Å²) >= 11 is 0. The molecule has 5 heteroatoms. The topological polar surface area (TPSA) is 33.5 Å². The Hall–Kier alpha value is -3.05. The van der Waals surface area contributed by atoms with Gasteiger partial charge in [0, 0.05) is 30.4 Å². The number of ether oxygens (including phenoxy) is 1. The van der Waals surface area contributed by atoms with Crippen molar-refractivity contribution in [1.82, 2.24) is 14.7 Å². The maximum absolute atomic E-state index is 5.93. The van der Waals surface area contributed by atoms with Gasteiger partial charge in [-0.15, -0.1) is 0 Å². The van der Waals surface area contributed by atoms with Crippen molar-refractivity contribution in [3.8, 4) is 0 Å². The lowest BCUT2D eigenvalue weighted by Gasteiger charge is -2.23. The van der Waals surface area contributed by atoms with Crippen molar-refractivity contribution in [2.24, 2.45) is 0 Å². The number of nitrogens with zero attached hydrogens (tertiary/aromatic N) is 4. The van der Waals surface area contributed by atoms with Crippen LogP contribution >= 0.6 is 0 Å². The molecule has 2 aliphatic heterocycles. The van der Waals surface area contributed by atoms with Gasteiger partial charge < -0.3 is 14.5 Å². The summed E-state index contributed by atoms with van der Waals surface area (Å²) in [5, 5.41) is 5.82. The van der Waals surface area contributed by atoms with Gasteiger partial charge in [0.05, 0.1) is 18.3 Å². The highest BCUT2D eigenvalue weighted by atomic mass is 16.5. The van der Waals surface area contributed by atoms with E-state index in [2.05, 4.69) is 62.2 Å². The molecule has 154 valence electrons. The SMILES string of the molecule is C1=CN(c2ccc3c(cnn3CCN3CCCC3)c2)CC=C1OCc1ccccc1. The molecular weight excluding hydrogens is 372 g/mol. The first-order valence-electron chi connectivity index (χ1n) is 10.8. The number of fused-ring (bicyclic) bond motifs is 1. The predicted molar refractivity (Wildman–Crippen MR) is 121 cm³/mol. The van der Waals surface area contributed by atoms with E-state index in [-0.39, 0.29) is 0 Å². The summed E-state index contributed by atoms with van der Waals surface area (Å²) in [6, 6.07) is 16.9. The highest BCUT2D eigenvalue weighted by Crippen LogP contribution is 2.25. The molecule has 0 spiro atoms. The third kappa shape index (κ3) is 4.26. The number of benzene rings is 2. The first kappa shape index (κ1) is 18.9. The maximum atomic E-state index is 5.93. The molecule has 2 aromatic carbocycles. The Kier molecular flexibility index (Phi) is 5.53. The van der Waals surface area contributed by atoms with Crippen LogP contribution in [0, 0.1) is 0 Å². The molecule has 0 aliphatic carbocycles. The molecule has 5 nitrogen and oxygen atoms in total. The second kappa shape index (κ2) is 8.76. The Morgan fingerprint density at radius 1 is 0.967 bits per heavy atom. The van der Waals surface area contributed by atoms with Crippen LogP contribution in [0.3, 0.4) is 0 Å². The highest BCUT2D eigenvalue weighted by molar-refractivity contribution is 5.83. The minimum atomic E-state index is 0.597. The third-order valence-electron chi connectivity index (χ3n) is 5.94. The third-order valence-corrected chi connectivity index (χ3v) is 5.94. The zero-order chi connectivity index (χ0) is 20.2. The van der Waals surface area contributed by atoms with Crippen LogP contribution in [0.2, 0.25) is 0 Å². The number of rotatable bonds is 7. The van der Waals surface area contributed by atoms with E-state index in [0.29, 0.717) is 6.61 Å². The fourth-order valence-electron chi connectivity index (χ4n) is 4.19. The summed E-state index contributed by atoms with van der Waals surface area (Å²) < 4.78 is 8.06. The van der Waals surface area contributed by atoms with Crippen LogP contribution in [-0.4, -0.2) is 40.9 Å². The van der Waals surface area contributed by atoms with Gasteiger partial charge in [-0.05, 0) is 61.8 Å². The van der Waals surface area contributed by atoms with Crippen LogP contribution in [0.1, 0.15) is 18.4 Å². The number of allylic oxidation sites excluding steroid dienone is 1. The van der Waals surface area contributed by atoms with E-state index in [1.165, 1.54) is 48.1 Å². The van der Waals surface area contributed by atoms with E-state index in [4.69, 9.17) is 4.74 Å². The van der Waals surface area contributed by atoms with Crippen LogP contribution in [0.25, 0.3) is 10.9 Å². The zero-order valence-electron chi connectivity index (χ0n) is 17.3. The Morgan fingerprint density at radius 3 is 2.63 bits per heavy atom. The van der Waals surface area contributed by atoms with E-state index < -0.39 is 0 Å². The Balaban J connectivity index is 1.20. The predicted octanol–water partition coefficient (Wildman–Crippen LogP) is 4.57. The molecule has 3 heterocycles. The van der Waals surface area contributed by atoms with Crippen LogP contribution < -0.4 is 4.90 Å². The summed E-state index contributed by atoms with van der Waals surface area (Å²) in [4.78, 5) is 4.76. The lowest BCUT2D eigenvalue weighted by Crippen LogP contribution is -2.24. The van der Waals surface area contributed by atoms with Crippen molar-refractivity contribution in [3.63, 3.8) is 0 Å². The molecule has 0 atom stereocenters. The zero-order valence-corrected chi connectivity index (χ0v) is 17.3. The lowest BCUT2D eigenvalue weighted by molar-refractivity contribution is 0.209. The Labute approximate surface area is 177 Å². The molecule has 2 aliphatic rings. The fourth-order valence-corrected chi connectivity index (χ4v) is 4.19. The second-order valence-corrected chi connectivity index (χ2v) is 8.01. The summed E-state index contributed by atoms with van der Waals surface area (Å²) in [7, 11) is 0. The molecule has 1 aromatic heterocycles. The van der Waals surface area contributed by atoms with Gasteiger partial charge >= 0.3 is 0 Å². The summed E-state index contributed by atoms with van der Waals surface area (Å²) in [5.41, 5.74) is 3.57. The van der Waals surface area contributed by atoms with Gasteiger partial charge in [0.1, 0.15) is 12.4 Å². The minimum Gasteiger partial charge on any atom is -0.489 e. The smallest absolute Gasteiger partial charge is 0.119 e. The normalized spacial score (nSPS) is 16.9. The number of likely N-dealkylation sites (tertiary alicyclic amines) is 1. The molecule has 5 rings (SSSR count). The Bertz CT molecular complexity index is 1050. The molecule has 1 saturated heterocycles. The standard InChI is InChI=1S/C25H28N4O/c1-2-6-21(7-3-1)20-30-24-10-14-28(15-11-24)23-8-9-25-22(18-23)19-26-29(25)17-16-27-12-4-5-13-27/h1-3,6-11,14,18-19H,4-5,12-13,15-17,20H2. The number of hydrogen-bond donors (Lipinski definition) is 0. The van der Waals surface area contributed by atoms with Crippen molar-refractivity contribution in [2.75, 3.05) is 31.1 Å². The monoisotopic (exact) mass is 400 g/mol. The van der Waals surface area contributed by atoms with Crippen LogP contribution in [0.5, 0.6) is 0 Å². The molecule has 0 bridgehead atoms. The largest absolute Gasteiger partial charge is 0.489 e. The van der Waals surface area contributed by atoms with E-state index in [1.54, 1.807) is 0 Å². The molecule has 3 aromatic rings. The van der Waals surface area contributed by atoms with Crippen molar-refractivity contribution >= 4 is 16.6 Å². The summed E-state index contributed by atoms with van der Waals surface area (Å²) in [6.07, 6.45) is 10.9. The summed E-state index contributed by atoms with van der Waals surface area (Å²) in [6.45, 7) is 5.90. The van der Waals surface area contributed by atoms with Gasteiger partial charge in [0.2, 0.25) is 0 Å². The first-order chi connectivity index (χ1) is 14.8. The van der Waals surface area contributed by atoms with Gasteiger partial charge in [-0.2, -0.15) is 5.10 Å². The van der Waals surface area contributed by atoms with Gasteiger partial charge in [0.15, 0.2) is 0 Å². The van der Waals surface area contributed by atoms with Crippen molar-refractivity contribution in [1.29, 1.82) is 0 Å². The van der Waals surface area contributed by atoms with Crippen molar-refractivity contribution in [2.45, 2.75) is 26.0 Å². The van der Waals surface area contributed by atoms with Crippen molar-refractivity contribution in [3.05, 3.63) is 84.4 Å². The van der Waals surface area contributed by atoms with Gasteiger partial charge in [-0.3, -0.25) is 4.68 Å². The van der Waals surface area contributed by atoms with Gasteiger partial charge in [0.25, 0.3) is 0 Å². The molecule has 0 radical (unpaired) electrons. The number of hydrogen-bond acceptors (Lipinski definition) is 4. The average Bonchev–Trinajstić information content (AvgIpc) is 3.47. The number of anilines is 1. The average molecular weight is 401 g/mol. The van der Waals surface area contributed by atoms with E-state index in [1.807, 2.05) is 30.5 Å². The molecular formula is C25H28N4O. The van der Waals surface area contributed by atoms with E-state index in [0.717, 1.165) is 25.4 Å². The maximum Gasteiger partial charge on any atom is 0.119 e. The first-order valence-corrected chi connectivity index (χ1v) is 10.8. The van der Waals surface area contributed by atoms with Crippen molar-refractivity contribution < 1.29 is 4.74 Å².